The Morgan fingerprint density at radius 3 is 1.89 bits per heavy atom. The van der Waals surface area contributed by atoms with Gasteiger partial charge in [0.2, 0.25) is 0 Å². The highest BCUT2D eigenvalue weighted by atomic mass is 15.1. The maximum Gasteiger partial charge on any atom is 0.333 e. The lowest BCUT2D eigenvalue weighted by molar-refractivity contribution is 0.590. The van der Waals surface area contributed by atoms with E-state index in [0.717, 1.165) is 0 Å². The molecule has 57 heavy (non-hydrogen) atoms. The molecule has 0 atom stereocenters. The summed E-state index contributed by atoms with van der Waals surface area (Å²) in [7, 11) is 0. The van der Waals surface area contributed by atoms with Crippen molar-refractivity contribution in [2.24, 2.45) is 0 Å². The molecule has 0 fully saturated rings. The topological polar surface area (TPSA) is 12.6 Å². The summed E-state index contributed by atoms with van der Waals surface area (Å²) in [5.41, 5.74) is 20.5. The number of para-hydroxylation sites is 4. The molecule has 13 rings (SSSR count). The van der Waals surface area contributed by atoms with Crippen LogP contribution in [0.5, 0.6) is 0 Å². The second-order valence-corrected chi connectivity index (χ2v) is 17.4. The van der Waals surface area contributed by atoms with Gasteiger partial charge in [-0.3, -0.25) is 0 Å². The molecule has 3 nitrogen and oxygen atoms in total. The van der Waals surface area contributed by atoms with Crippen LogP contribution in [0.2, 0.25) is 0 Å². The van der Waals surface area contributed by atoms with Crippen LogP contribution in [0.25, 0.3) is 87.8 Å². The van der Waals surface area contributed by atoms with E-state index in [1.807, 2.05) is 0 Å². The summed E-state index contributed by atoms with van der Waals surface area (Å²) in [6.07, 6.45) is 0. The number of benzene rings is 8. The number of aryl methyl sites for hydroxylation is 1. The Labute approximate surface area is 331 Å². The SMILES string of the molecule is Cc1cc2c3c(c1)-n1c4ccccc4c4cccc(c41)B3N(c1ccc(C(C)(C)C)cc1-c1ccccc1)c1ccc3c4cccc5c6ccccc6n(c3c1-2)c54. The zero-order valence-corrected chi connectivity index (χ0v) is 32.4. The smallest absolute Gasteiger partial charge is 0.333 e. The molecule has 0 unspecified atom stereocenters. The Morgan fingerprint density at radius 1 is 0.474 bits per heavy atom. The zero-order chi connectivity index (χ0) is 37.9. The standard InChI is InChI=1S/C53H38BN3/c1-31-28-41-48-46(27-25-39-38-19-12-18-36-34-16-9-11-23-44(34)56(50(36)38)52(39)48)57(45-26-24-33(53(2,3)4)30-40(45)32-14-6-5-7-15-32)54-42-21-13-20-37-35-17-8-10-22-43(35)55(51(37)42)47(29-31)49(41)54/h5-30H,1-4H3. The minimum Gasteiger partial charge on any atom is -0.376 e. The van der Waals surface area contributed by atoms with Gasteiger partial charge in [-0.25, -0.2) is 0 Å². The summed E-state index contributed by atoms with van der Waals surface area (Å²) in [6, 6.07) is 59.8. The summed E-state index contributed by atoms with van der Waals surface area (Å²) in [4.78, 5) is 2.72. The molecular formula is C53H38BN3. The largest absolute Gasteiger partial charge is 0.376 e. The zero-order valence-electron chi connectivity index (χ0n) is 32.4. The van der Waals surface area contributed by atoms with Gasteiger partial charge < -0.3 is 13.8 Å². The maximum atomic E-state index is 2.72. The fourth-order valence-electron chi connectivity index (χ4n) is 10.8. The van der Waals surface area contributed by atoms with Gasteiger partial charge in [0.1, 0.15) is 0 Å². The number of rotatable bonds is 2. The Morgan fingerprint density at radius 2 is 1.11 bits per heavy atom. The van der Waals surface area contributed by atoms with Crippen molar-refractivity contribution in [3.8, 4) is 27.9 Å². The predicted molar refractivity (Wildman–Crippen MR) is 243 cm³/mol. The van der Waals surface area contributed by atoms with E-state index in [1.165, 1.54) is 121 Å². The van der Waals surface area contributed by atoms with Gasteiger partial charge in [-0.15, -0.1) is 0 Å². The maximum absolute atomic E-state index is 2.72. The second kappa shape index (κ2) is 10.7. The Kier molecular flexibility index (Phi) is 5.92. The van der Waals surface area contributed by atoms with Crippen LogP contribution in [0.1, 0.15) is 31.9 Å². The molecule has 3 aromatic heterocycles. The van der Waals surface area contributed by atoms with Crippen molar-refractivity contribution in [1.82, 2.24) is 8.97 Å². The van der Waals surface area contributed by atoms with Crippen molar-refractivity contribution in [3.05, 3.63) is 169 Å². The van der Waals surface area contributed by atoms with Crippen LogP contribution in [0, 0.1) is 6.92 Å². The van der Waals surface area contributed by atoms with Crippen LogP contribution in [0.3, 0.4) is 0 Å². The van der Waals surface area contributed by atoms with Crippen LogP contribution in [0.4, 0.5) is 11.4 Å². The molecule has 5 heterocycles. The van der Waals surface area contributed by atoms with Crippen molar-refractivity contribution in [2.45, 2.75) is 33.1 Å². The molecule has 11 aromatic rings. The van der Waals surface area contributed by atoms with Gasteiger partial charge in [0.05, 0.1) is 27.6 Å². The lowest BCUT2D eigenvalue weighted by atomic mass is 9.43. The highest BCUT2D eigenvalue weighted by Gasteiger charge is 2.45. The molecule has 0 saturated heterocycles. The monoisotopic (exact) mass is 727 g/mol. The van der Waals surface area contributed by atoms with Crippen molar-refractivity contribution < 1.29 is 0 Å². The van der Waals surface area contributed by atoms with E-state index in [0.29, 0.717) is 0 Å². The van der Waals surface area contributed by atoms with E-state index >= 15 is 0 Å². The number of hydrogen-bond donors (Lipinski definition) is 0. The van der Waals surface area contributed by atoms with E-state index < -0.39 is 0 Å². The summed E-state index contributed by atoms with van der Waals surface area (Å²) in [5.74, 6) is 0. The van der Waals surface area contributed by atoms with Crippen LogP contribution in [-0.4, -0.2) is 15.8 Å². The van der Waals surface area contributed by atoms with Gasteiger partial charge >= 0.3 is 6.85 Å². The van der Waals surface area contributed by atoms with Gasteiger partial charge in [0, 0.05) is 60.5 Å². The van der Waals surface area contributed by atoms with Crippen molar-refractivity contribution in [1.29, 1.82) is 0 Å². The number of fused-ring (bicyclic) bond motifs is 14. The van der Waals surface area contributed by atoms with E-state index in [9.17, 15) is 0 Å². The van der Waals surface area contributed by atoms with Crippen LogP contribution >= 0.6 is 0 Å². The Balaban J connectivity index is 1.26. The molecule has 0 spiro atoms. The van der Waals surface area contributed by atoms with Gasteiger partial charge in [-0.2, -0.15) is 0 Å². The van der Waals surface area contributed by atoms with Gasteiger partial charge in [0.15, 0.2) is 0 Å². The summed E-state index contributed by atoms with van der Waals surface area (Å²) < 4.78 is 5.16. The summed E-state index contributed by atoms with van der Waals surface area (Å²) in [6.45, 7) is 9.18. The third-order valence-corrected chi connectivity index (χ3v) is 13.2. The number of aromatic nitrogens is 2. The Bertz CT molecular complexity index is 3530. The van der Waals surface area contributed by atoms with Crippen LogP contribution in [0.15, 0.2) is 158 Å². The van der Waals surface area contributed by atoms with E-state index in [1.54, 1.807) is 0 Å². The minimum absolute atomic E-state index is 0.00994. The third-order valence-electron chi connectivity index (χ3n) is 13.2. The minimum atomic E-state index is -0.0604. The van der Waals surface area contributed by atoms with Crippen molar-refractivity contribution in [2.75, 3.05) is 4.81 Å². The van der Waals surface area contributed by atoms with Crippen LogP contribution in [-0.2, 0) is 5.41 Å². The molecule has 0 amide bonds. The molecule has 2 aliphatic heterocycles. The first-order valence-corrected chi connectivity index (χ1v) is 20.2. The highest BCUT2D eigenvalue weighted by molar-refractivity contribution is 6.93. The van der Waals surface area contributed by atoms with Crippen molar-refractivity contribution in [3.63, 3.8) is 0 Å². The third kappa shape index (κ3) is 3.93. The highest BCUT2D eigenvalue weighted by Crippen LogP contribution is 2.52. The predicted octanol–water partition coefficient (Wildman–Crippen LogP) is 12.4. The average Bonchev–Trinajstić information content (AvgIpc) is 3.88. The molecular weight excluding hydrogens is 689 g/mol. The molecule has 2 aliphatic rings. The molecule has 0 radical (unpaired) electrons. The second-order valence-electron chi connectivity index (χ2n) is 17.4. The molecule has 0 bridgehead atoms. The lowest BCUT2D eigenvalue weighted by Crippen LogP contribution is -2.60. The normalized spacial score (nSPS) is 13.5. The molecule has 0 saturated carbocycles. The van der Waals surface area contributed by atoms with Gasteiger partial charge in [0.25, 0.3) is 0 Å². The summed E-state index contributed by atoms with van der Waals surface area (Å²) >= 11 is 0. The number of nitrogens with zero attached hydrogens (tertiary/aromatic N) is 3. The van der Waals surface area contributed by atoms with Gasteiger partial charge in [-0.1, -0.05) is 142 Å². The fraction of sp³-hybridized carbons (Fsp3) is 0.0943. The first kappa shape index (κ1) is 31.4. The van der Waals surface area contributed by atoms with Crippen molar-refractivity contribution >= 4 is 89.0 Å². The first-order chi connectivity index (χ1) is 27.9. The number of hydrogen-bond acceptors (Lipinski definition) is 1. The first-order valence-electron chi connectivity index (χ1n) is 20.2. The average molecular weight is 728 g/mol. The quantitative estimate of drug-likeness (QED) is 0.162. The van der Waals surface area contributed by atoms with Gasteiger partial charge in [-0.05, 0) is 81.9 Å². The summed E-state index contributed by atoms with van der Waals surface area (Å²) in [5, 5.41) is 7.81. The number of anilines is 2. The van der Waals surface area contributed by atoms with E-state index in [4.69, 9.17) is 0 Å². The Hall–Kier alpha value is -6.78. The molecule has 268 valence electrons. The molecule has 8 aromatic carbocycles. The van der Waals surface area contributed by atoms with Crippen LogP contribution < -0.4 is 15.7 Å². The van der Waals surface area contributed by atoms with E-state index in [-0.39, 0.29) is 12.3 Å². The lowest BCUT2D eigenvalue weighted by Gasteiger charge is -2.43. The molecule has 0 N–H and O–H groups in total. The van der Waals surface area contributed by atoms with E-state index in [2.05, 4.69) is 199 Å². The molecule has 4 heteroatoms. The molecule has 0 aliphatic carbocycles. The fourth-order valence-corrected chi connectivity index (χ4v) is 10.8.